The summed E-state index contributed by atoms with van der Waals surface area (Å²) in [6.07, 6.45) is 1.87. The fourth-order valence-electron chi connectivity index (χ4n) is 3.23. The van der Waals surface area contributed by atoms with Gasteiger partial charge >= 0.3 is 0 Å². The van der Waals surface area contributed by atoms with Crippen molar-refractivity contribution in [2.45, 2.75) is 32.4 Å². The maximum Gasteiger partial charge on any atom is 0.273 e. The summed E-state index contributed by atoms with van der Waals surface area (Å²) in [7, 11) is 0. The second kappa shape index (κ2) is 6.93. The Labute approximate surface area is 150 Å². The summed E-state index contributed by atoms with van der Waals surface area (Å²) in [6, 6.07) is 10.2. The molecule has 1 amide bonds. The Bertz CT molecular complexity index is 880. The molecule has 1 aromatic carbocycles. The summed E-state index contributed by atoms with van der Waals surface area (Å²) in [4.78, 5) is 14.6. The van der Waals surface area contributed by atoms with Crippen LogP contribution in [0.3, 0.4) is 0 Å². The second-order valence-electron chi connectivity index (χ2n) is 6.47. The minimum atomic E-state index is -0.152. The number of amides is 1. The van der Waals surface area contributed by atoms with Crippen LogP contribution >= 0.6 is 11.5 Å². The van der Waals surface area contributed by atoms with Crippen molar-refractivity contribution >= 4 is 27.5 Å². The van der Waals surface area contributed by atoms with Crippen LogP contribution in [-0.4, -0.2) is 39.5 Å². The number of nitrogens with one attached hydrogen (secondary N) is 1. The fraction of sp³-hybridized carbons (Fsp3) is 0.389. The number of rotatable bonds is 4. The minimum Gasteiger partial charge on any atom is -0.361 e. The number of hydrogen-bond donors (Lipinski definition) is 1. The number of carbonyl (C=O) groups is 1. The third-order valence-electron chi connectivity index (χ3n) is 4.61. The second-order valence-corrected chi connectivity index (χ2v) is 7.28. The number of likely N-dealkylation sites (tertiary alicyclic amines) is 1. The molecule has 7 heteroatoms. The van der Waals surface area contributed by atoms with E-state index in [4.69, 9.17) is 4.52 Å². The highest BCUT2D eigenvalue weighted by Gasteiger charge is 2.23. The Morgan fingerprint density at radius 3 is 2.92 bits per heavy atom. The molecule has 0 atom stereocenters. The zero-order valence-corrected chi connectivity index (χ0v) is 14.9. The van der Waals surface area contributed by atoms with Crippen LogP contribution in [0, 0.1) is 6.92 Å². The standard InChI is InChI=1S/C18H20N4O2S/c1-12-10-15(20-24-12)18(23)19-13-6-8-22(9-7-13)11-16-14-4-2-3-5-17(14)25-21-16/h2-5,10,13H,6-9,11H2,1H3,(H,19,23). The van der Waals surface area contributed by atoms with E-state index >= 15 is 0 Å². The number of piperidine rings is 1. The molecule has 0 saturated carbocycles. The number of aryl methyl sites for hydroxylation is 1. The average molecular weight is 356 g/mol. The van der Waals surface area contributed by atoms with Crippen LogP contribution < -0.4 is 5.32 Å². The van der Waals surface area contributed by atoms with Crippen molar-refractivity contribution < 1.29 is 9.32 Å². The van der Waals surface area contributed by atoms with Gasteiger partial charge in [-0.15, -0.1) is 0 Å². The van der Waals surface area contributed by atoms with Crippen LogP contribution in [0.2, 0.25) is 0 Å². The van der Waals surface area contributed by atoms with Gasteiger partial charge in [0.05, 0.1) is 10.4 Å². The largest absolute Gasteiger partial charge is 0.361 e. The van der Waals surface area contributed by atoms with Gasteiger partial charge in [0.15, 0.2) is 5.69 Å². The van der Waals surface area contributed by atoms with Gasteiger partial charge in [-0.05, 0) is 37.4 Å². The van der Waals surface area contributed by atoms with Crippen molar-refractivity contribution in [3.63, 3.8) is 0 Å². The molecular formula is C18H20N4O2S. The van der Waals surface area contributed by atoms with E-state index in [1.165, 1.54) is 10.1 Å². The number of aromatic nitrogens is 2. The van der Waals surface area contributed by atoms with Crippen molar-refractivity contribution in [2.24, 2.45) is 0 Å². The molecule has 130 valence electrons. The van der Waals surface area contributed by atoms with Gasteiger partial charge in [0.2, 0.25) is 0 Å². The summed E-state index contributed by atoms with van der Waals surface area (Å²) in [5.41, 5.74) is 1.51. The molecule has 2 aromatic heterocycles. The third-order valence-corrected chi connectivity index (χ3v) is 5.47. The number of benzene rings is 1. The molecule has 4 rings (SSSR count). The van der Waals surface area contributed by atoms with Gasteiger partial charge in [0.25, 0.3) is 5.91 Å². The molecule has 25 heavy (non-hydrogen) atoms. The van der Waals surface area contributed by atoms with Crippen LogP contribution in [0.1, 0.15) is 34.8 Å². The highest BCUT2D eigenvalue weighted by atomic mass is 32.1. The molecule has 3 aromatic rings. The number of hydrogen-bond acceptors (Lipinski definition) is 6. The highest BCUT2D eigenvalue weighted by Crippen LogP contribution is 2.24. The quantitative estimate of drug-likeness (QED) is 0.778. The van der Waals surface area contributed by atoms with E-state index in [1.807, 2.05) is 0 Å². The SMILES string of the molecule is Cc1cc(C(=O)NC2CCN(Cc3nsc4ccccc34)CC2)no1. The maximum atomic E-state index is 12.2. The first-order valence-electron chi connectivity index (χ1n) is 8.49. The molecule has 3 heterocycles. The first-order valence-corrected chi connectivity index (χ1v) is 9.26. The highest BCUT2D eigenvalue weighted by molar-refractivity contribution is 7.13. The lowest BCUT2D eigenvalue weighted by molar-refractivity contribution is 0.0899. The van der Waals surface area contributed by atoms with Crippen LogP contribution in [0.15, 0.2) is 34.9 Å². The van der Waals surface area contributed by atoms with E-state index in [0.29, 0.717) is 11.5 Å². The fourth-order valence-corrected chi connectivity index (χ4v) is 4.02. The van der Waals surface area contributed by atoms with Gasteiger partial charge in [-0.1, -0.05) is 23.4 Å². The molecule has 1 aliphatic heterocycles. The summed E-state index contributed by atoms with van der Waals surface area (Å²) < 4.78 is 10.8. The van der Waals surface area contributed by atoms with Crippen LogP contribution in [0.4, 0.5) is 0 Å². The molecule has 1 fully saturated rings. The zero-order chi connectivity index (χ0) is 17.2. The van der Waals surface area contributed by atoms with Gasteiger partial charge < -0.3 is 9.84 Å². The van der Waals surface area contributed by atoms with E-state index in [9.17, 15) is 4.79 Å². The van der Waals surface area contributed by atoms with E-state index in [2.05, 4.69) is 44.0 Å². The zero-order valence-electron chi connectivity index (χ0n) is 14.1. The predicted octanol–water partition coefficient (Wildman–Crippen LogP) is 2.99. The lowest BCUT2D eigenvalue weighted by atomic mass is 10.0. The Morgan fingerprint density at radius 1 is 1.36 bits per heavy atom. The summed E-state index contributed by atoms with van der Waals surface area (Å²) in [6.45, 7) is 4.56. The van der Waals surface area contributed by atoms with Gasteiger partial charge in [-0.2, -0.15) is 4.37 Å². The number of fused-ring (bicyclic) bond motifs is 1. The molecule has 0 bridgehead atoms. The van der Waals surface area contributed by atoms with Gasteiger partial charge in [-0.25, -0.2) is 0 Å². The van der Waals surface area contributed by atoms with Crippen molar-refractivity contribution in [3.8, 4) is 0 Å². The first-order chi connectivity index (χ1) is 12.2. The molecule has 6 nitrogen and oxygen atoms in total. The van der Waals surface area contributed by atoms with Crippen molar-refractivity contribution in [1.82, 2.24) is 19.7 Å². The Balaban J connectivity index is 1.32. The average Bonchev–Trinajstić information content (AvgIpc) is 3.24. The van der Waals surface area contributed by atoms with E-state index in [0.717, 1.165) is 38.2 Å². The molecule has 1 saturated heterocycles. The van der Waals surface area contributed by atoms with Gasteiger partial charge in [-0.3, -0.25) is 9.69 Å². The molecule has 0 radical (unpaired) electrons. The predicted molar refractivity (Wildman–Crippen MR) is 96.6 cm³/mol. The third kappa shape index (κ3) is 3.57. The van der Waals surface area contributed by atoms with E-state index < -0.39 is 0 Å². The Hall–Kier alpha value is -2.25. The van der Waals surface area contributed by atoms with Crippen LogP contribution in [-0.2, 0) is 6.54 Å². The summed E-state index contributed by atoms with van der Waals surface area (Å²) >= 11 is 1.56. The van der Waals surface area contributed by atoms with Crippen molar-refractivity contribution in [3.05, 3.63) is 47.5 Å². The van der Waals surface area contributed by atoms with Crippen molar-refractivity contribution in [1.29, 1.82) is 0 Å². The summed E-state index contributed by atoms with van der Waals surface area (Å²) in [5, 5.41) is 8.08. The minimum absolute atomic E-state index is 0.152. The Kier molecular flexibility index (Phi) is 4.50. The molecule has 1 N–H and O–H groups in total. The maximum absolute atomic E-state index is 12.2. The molecule has 1 aliphatic rings. The van der Waals surface area contributed by atoms with E-state index in [-0.39, 0.29) is 11.9 Å². The van der Waals surface area contributed by atoms with Gasteiger partial charge in [0, 0.05) is 37.1 Å². The molecule has 0 aliphatic carbocycles. The number of nitrogens with zero attached hydrogens (tertiary/aromatic N) is 3. The lowest BCUT2D eigenvalue weighted by Crippen LogP contribution is -2.44. The monoisotopic (exact) mass is 356 g/mol. The normalized spacial score (nSPS) is 16.4. The molecule has 0 spiro atoms. The molecular weight excluding hydrogens is 336 g/mol. The summed E-state index contributed by atoms with van der Waals surface area (Å²) in [5.74, 6) is 0.497. The van der Waals surface area contributed by atoms with Crippen molar-refractivity contribution in [2.75, 3.05) is 13.1 Å². The number of carbonyl (C=O) groups excluding carboxylic acids is 1. The smallest absolute Gasteiger partial charge is 0.273 e. The lowest BCUT2D eigenvalue weighted by Gasteiger charge is -2.31. The topological polar surface area (TPSA) is 71.3 Å². The van der Waals surface area contributed by atoms with Crippen LogP contribution in [0.5, 0.6) is 0 Å². The first kappa shape index (κ1) is 16.2. The van der Waals surface area contributed by atoms with Crippen LogP contribution in [0.25, 0.3) is 10.1 Å². The van der Waals surface area contributed by atoms with Gasteiger partial charge in [0.1, 0.15) is 5.76 Å². The van der Waals surface area contributed by atoms with E-state index in [1.54, 1.807) is 24.5 Å². The molecule has 0 unspecified atom stereocenters. The Morgan fingerprint density at radius 2 is 2.16 bits per heavy atom.